The van der Waals surface area contributed by atoms with Gasteiger partial charge in [-0.05, 0) is 28.1 Å². The number of rotatable bonds is 2. The van der Waals surface area contributed by atoms with Gasteiger partial charge in [0.25, 0.3) is 0 Å². The molecule has 0 radical (unpaired) electrons. The van der Waals surface area contributed by atoms with Gasteiger partial charge in [-0.3, -0.25) is 4.79 Å². The molecule has 0 bridgehead atoms. The van der Waals surface area contributed by atoms with E-state index in [0.29, 0.717) is 5.75 Å². The summed E-state index contributed by atoms with van der Waals surface area (Å²) in [6, 6.07) is 9.08. The monoisotopic (exact) mass is 353 g/mol. The van der Waals surface area contributed by atoms with E-state index in [4.69, 9.17) is 4.74 Å². The zero-order valence-corrected chi connectivity index (χ0v) is 12.3. The van der Waals surface area contributed by atoms with E-state index in [-0.39, 0.29) is 16.8 Å². The van der Waals surface area contributed by atoms with E-state index in [0.717, 1.165) is 17.7 Å². The summed E-state index contributed by atoms with van der Waals surface area (Å²) in [5.74, 6) is -1.67. The van der Waals surface area contributed by atoms with E-state index < -0.39 is 23.5 Å². The Morgan fingerprint density at radius 2 is 2.00 bits per heavy atom. The highest BCUT2D eigenvalue weighted by atomic mass is 79.9. The van der Waals surface area contributed by atoms with Crippen LogP contribution in [0.4, 0.5) is 14.5 Å². The molecule has 3 nitrogen and oxygen atoms in total. The molecule has 6 heteroatoms. The Labute approximate surface area is 128 Å². The van der Waals surface area contributed by atoms with Crippen molar-refractivity contribution in [2.24, 2.45) is 0 Å². The largest absolute Gasteiger partial charge is 0.492 e. The van der Waals surface area contributed by atoms with Crippen molar-refractivity contribution in [3.8, 4) is 5.75 Å². The van der Waals surface area contributed by atoms with Gasteiger partial charge in [-0.25, -0.2) is 8.78 Å². The molecule has 0 aromatic heterocycles. The van der Waals surface area contributed by atoms with Crippen LogP contribution in [0.5, 0.6) is 5.75 Å². The van der Waals surface area contributed by atoms with Crippen molar-refractivity contribution in [1.82, 2.24) is 0 Å². The molecule has 1 aliphatic heterocycles. The lowest BCUT2D eigenvalue weighted by molar-refractivity contribution is -0.117. The molecule has 1 aliphatic rings. The van der Waals surface area contributed by atoms with Gasteiger partial charge in [-0.2, -0.15) is 0 Å². The SMILES string of the molecule is O=C(Nc1cc(F)c(Br)cc1F)C1COc2ccccc21. The van der Waals surface area contributed by atoms with Gasteiger partial charge < -0.3 is 10.1 Å². The molecule has 108 valence electrons. The normalized spacial score (nSPS) is 16.2. The molecule has 0 saturated carbocycles. The number of nitrogens with one attached hydrogen (secondary N) is 1. The van der Waals surface area contributed by atoms with Crippen molar-refractivity contribution in [2.75, 3.05) is 11.9 Å². The van der Waals surface area contributed by atoms with Crippen molar-refractivity contribution >= 4 is 27.5 Å². The van der Waals surface area contributed by atoms with Crippen LogP contribution in [-0.4, -0.2) is 12.5 Å². The first-order chi connectivity index (χ1) is 10.1. The number of amides is 1. The number of hydrogen-bond acceptors (Lipinski definition) is 2. The average Bonchev–Trinajstić information content (AvgIpc) is 2.88. The smallest absolute Gasteiger partial charge is 0.235 e. The number of halogens is 3. The van der Waals surface area contributed by atoms with Crippen molar-refractivity contribution in [2.45, 2.75) is 5.92 Å². The maximum Gasteiger partial charge on any atom is 0.235 e. The first-order valence-corrected chi connectivity index (χ1v) is 7.02. The van der Waals surface area contributed by atoms with Gasteiger partial charge in [0.15, 0.2) is 0 Å². The molecule has 0 aliphatic carbocycles. The summed E-state index contributed by atoms with van der Waals surface area (Å²) in [6.07, 6.45) is 0. The average molecular weight is 354 g/mol. The van der Waals surface area contributed by atoms with Crippen LogP contribution in [0, 0.1) is 11.6 Å². The predicted molar refractivity (Wildman–Crippen MR) is 77.4 cm³/mol. The Morgan fingerprint density at radius 1 is 1.24 bits per heavy atom. The Balaban J connectivity index is 1.84. The van der Waals surface area contributed by atoms with E-state index in [1.807, 2.05) is 6.07 Å². The maximum atomic E-state index is 13.7. The van der Waals surface area contributed by atoms with Crippen molar-refractivity contribution in [3.63, 3.8) is 0 Å². The Hall–Kier alpha value is -1.95. The van der Waals surface area contributed by atoms with Crippen LogP contribution in [-0.2, 0) is 4.79 Å². The van der Waals surface area contributed by atoms with Crippen LogP contribution < -0.4 is 10.1 Å². The number of hydrogen-bond donors (Lipinski definition) is 1. The third kappa shape index (κ3) is 2.63. The van der Waals surface area contributed by atoms with Gasteiger partial charge in [0, 0.05) is 11.6 Å². The fourth-order valence-corrected chi connectivity index (χ4v) is 2.53. The second kappa shape index (κ2) is 5.44. The summed E-state index contributed by atoms with van der Waals surface area (Å²) < 4.78 is 32.6. The van der Waals surface area contributed by atoms with Crippen molar-refractivity contribution in [3.05, 3.63) is 58.1 Å². The minimum atomic E-state index is -0.705. The van der Waals surface area contributed by atoms with Gasteiger partial charge in [0.05, 0.1) is 10.2 Å². The molecule has 21 heavy (non-hydrogen) atoms. The third-order valence-electron chi connectivity index (χ3n) is 3.28. The van der Waals surface area contributed by atoms with Crippen LogP contribution in [0.2, 0.25) is 0 Å². The first kappa shape index (κ1) is 14.0. The quantitative estimate of drug-likeness (QED) is 0.833. The number of anilines is 1. The van der Waals surface area contributed by atoms with Gasteiger partial charge in [0.2, 0.25) is 5.91 Å². The van der Waals surface area contributed by atoms with Crippen LogP contribution in [0.15, 0.2) is 40.9 Å². The molecular formula is C15H10BrF2NO2. The highest BCUT2D eigenvalue weighted by molar-refractivity contribution is 9.10. The Bertz CT molecular complexity index is 721. The molecule has 0 spiro atoms. The Morgan fingerprint density at radius 3 is 2.81 bits per heavy atom. The lowest BCUT2D eigenvalue weighted by Crippen LogP contribution is -2.22. The summed E-state index contributed by atoms with van der Waals surface area (Å²) in [4.78, 5) is 12.2. The second-order valence-electron chi connectivity index (χ2n) is 4.64. The van der Waals surface area contributed by atoms with Crippen LogP contribution >= 0.6 is 15.9 Å². The minimum Gasteiger partial charge on any atom is -0.492 e. The highest BCUT2D eigenvalue weighted by Gasteiger charge is 2.30. The maximum absolute atomic E-state index is 13.7. The summed E-state index contributed by atoms with van der Waals surface area (Å²) >= 11 is 2.89. The molecule has 1 unspecified atom stereocenters. The van der Waals surface area contributed by atoms with Gasteiger partial charge in [-0.1, -0.05) is 18.2 Å². The lowest BCUT2D eigenvalue weighted by Gasteiger charge is -2.11. The molecule has 0 saturated heterocycles. The van der Waals surface area contributed by atoms with E-state index in [1.165, 1.54) is 0 Å². The van der Waals surface area contributed by atoms with Gasteiger partial charge in [0.1, 0.15) is 29.9 Å². The minimum absolute atomic E-state index is 0.00699. The van der Waals surface area contributed by atoms with Gasteiger partial charge >= 0.3 is 0 Å². The molecule has 0 fully saturated rings. The van der Waals surface area contributed by atoms with Crippen molar-refractivity contribution in [1.29, 1.82) is 0 Å². The third-order valence-corrected chi connectivity index (χ3v) is 3.89. The van der Waals surface area contributed by atoms with Crippen molar-refractivity contribution < 1.29 is 18.3 Å². The molecule has 1 N–H and O–H groups in total. The summed E-state index contributed by atoms with van der Waals surface area (Å²) in [5, 5.41) is 2.41. The predicted octanol–water partition coefficient (Wildman–Crippen LogP) is 3.84. The fraction of sp³-hybridized carbons (Fsp3) is 0.133. The molecule has 1 atom stereocenters. The summed E-state index contributed by atoms with van der Waals surface area (Å²) in [6.45, 7) is 0.186. The molecule has 2 aromatic rings. The van der Waals surface area contributed by atoms with Crippen LogP contribution in [0.1, 0.15) is 11.5 Å². The van der Waals surface area contributed by atoms with Crippen LogP contribution in [0.25, 0.3) is 0 Å². The fourth-order valence-electron chi connectivity index (χ4n) is 2.22. The molecule has 1 heterocycles. The summed E-state index contributed by atoms with van der Waals surface area (Å²) in [7, 11) is 0. The molecule has 2 aromatic carbocycles. The highest BCUT2D eigenvalue weighted by Crippen LogP contribution is 2.34. The zero-order chi connectivity index (χ0) is 15.0. The Kier molecular flexibility index (Phi) is 3.63. The zero-order valence-electron chi connectivity index (χ0n) is 10.7. The second-order valence-corrected chi connectivity index (χ2v) is 5.49. The van der Waals surface area contributed by atoms with Gasteiger partial charge in [-0.15, -0.1) is 0 Å². The first-order valence-electron chi connectivity index (χ1n) is 6.23. The van der Waals surface area contributed by atoms with Crippen LogP contribution in [0.3, 0.4) is 0 Å². The van der Waals surface area contributed by atoms with E-state index in [9.17, 15) is 13.6 Å². The van der Waals surface area contributed by atoms with E-state index >= 15 is 0 Å². The lowest BCUT2D eigenvalue weighted by atomic mass is 10.0. The molecular weight excluding hydrogens is 344 g/mol. The van der Waals surface area contributed by atoms with E-state index in [2.05, 4.69) is 21.2 Å². The number of benzene rings is 2. The topological polar surface area (TPSA) is 38.3 Å². The standard InChI is InChI=1S/C15H10BrF2NO2/c16-10-5-12(18)13(6-11(10)17)19-15(20)9-7-21-14-4-2-1-3-8(9)14/h1-6,9H,7H2,(H,19,20). The molecule has 3 rings (SSSR count). The number of para-hydroxylation sites is 1. The number of ether oxygens (including phenoxy) is 1. The van der Waals surface area contributed by atoms with E-state index in [1.54, 1.807) is 18.2 Å². The summed E-state index contributed by atoms with van der Waals surface area (Å²) in [5.41, 5.74) is 0.554. The number of carbonyl (C=O) groups is 1. The number of fused-ring (bicyclic) bond motifs is 1. The number of carbonyl (C=O) groups excluding carboxylic acids is 1. The molecule has 1 amide bonds.